The number of nitrogens with zero attached hydrogens (tertiary/aromatic N) is 6. The number of pyridine rings is 1. The summed E-state index contributed by atoms with van der Waals surface area (Å²) in [4.78, 5) is 25.6. The van der Waals surface area contributed by atoms with E-state index in [0.717, 1.165) is 22.2 Å². The van der Waals surface area contributed by atoms with Gasteiger partial charge in [-0.2, -0.15) is 9.97 Å². The summed E-state index contributed by atoms with van der Waals surface area (Å²) >= 11 is 6.09. The van der Waals surface area contributed by atoms with Crippen molar-refractivity contribution in [1.82, 2.24) is 29.9 Å². The Hall–Kier alpha value is -4.37. The van der Waals surface area contributed by atoms with E-state index < -0.39 is 5.97 Å². The van der Waals surface area contributed by atoms with Gasteiger partial charge in [0.2, 0.25) is 0 Å². The van der Waals surface area contributed by atoms with Crippen molar-refractivity contribution >= 4 is 28.5 Å². The van der Waals surface area contributed by atoms with Crippen LogP contribution in [0.25, 0.3) is 27.8 Å². The lowest BCUT2D eigenvalue weighted by molar-refractivity contribution is 0.0599. The van der Waals surface area contributed by atoms with Gasteiger partial charge in [-0.05, 0) is 31.2 Å². The van der Waals surface area contributed by atoms with Crippen molar-refractivity contribution in [3.05, 3.63) is 89.0 Å². The van der Waals surface area contributed by atoms with Crippen LogP contribution in [0, 0.1) is 6.92 Å². The van der Waals surface area contributed by atoms with Crippen LogP contribution in [0.5, 0.6) is 6.01 Å². The largest absolute Gasteiger partial charge is 0.465 e. The van der Waals surface area contributed by atoms with Gasteiger partial charge in [0, 0.05) is 22.2 Å². The standard InChI is InChI=1S/C25H19ClN6O3/c1-15-22(24(33)34-2)23(16-6-4-3-5-7-16)29-25(28-15)35-14-18-13-32(31-30-18)21-10-11-27-20-12-17(26)8-9-19(20)21/h3-13H,14H2,1-2H3. The molecule has 0 aliphatic carbocycles. The number of aromatic nitrogens is 6. The maximum atomic E-state index is 12.4. The number of benzene rings is 2. The molecule has 0 N–H and O–H groups in total. The molecule has 9 nitrogen and oxygen atoms in total. The average Bonchev–Trinajstić information content (AvgIpc) is 3.35. The summed E-state index contributed by atoms with van der Waals surface area (Å²) in [5.41, 5.74) is 4.07. The van der Waals surface area contributed by atoms with E-state index in [0.29, 0.717) is 27.7 Å². The van der Waals surface area contributed by atoms with Crippen molar-refractivity contribution in [2.75, 3.05) is 7.11 Å². The molecule has 174 valence electrons. The van der Waals surface area contributed by atoms with Crippen molar-refractivity contribution in [3.8, 4) is 23.0 Å². The van der Waals surface area contributed by atoms with Gasteiger partial charge in [0.15, 0.2) is 0 Å². The zero-order valence-electron chi connectivity index (χ0n) is 18.8. The third-order valence-corrected chi connectivity index (χ3v) is 5.56. The first kappa shape index (κ1) is 22.4. The fraction of sp³-hybridized carbons (Fsp3) is 0.120. The Morgan fingerprint density at radius 2 is 1.91 bits per heavy atom. The number of fused-ring (bicyclic) bond motifs is 1. The fourth-order valence-corrected chi connectivity index (χ4v) is 3.86. The Balaban J connectivity index is 1.42. The number of methoxy groups -OCH3 is 1. The monoisotopic (exact) mass is 486 g/mol. The lowest BCUT2D eigenvalue weighted by atomic mass is 10.0. The van der Waals surface area contributed by atoms with Gasteiger partial charge < -0.3 is 9.47 Å². The molecular formula is C25H19ClN6O3. The number of aryl methyl sites for hydroxylation is 1. The molecule has 0 fully saturated rings. The summed E-state index contributed by atoms with van der Waals surface area (Å²) < 4.78 is 12.4. The molecule has 35 heavy (non-hydrogen) atoms. The molecule has 3 heterocycles. The quantitative estimate of drug-likeness (QED) is 0.321. The van der Waals surface area contributed by atoms with Gasteiger partial charge in [0.25, 0.3) is 0 Å². The van der Waals surface area contributed by atoms with E-state index in [1.165, 1.54) is 7.11 Å². The third-order valence-electron chi connectivity index (χ3n) is 5.32. The normalized spacial score (nSPS) is 10.9. The lowest BCUT2D eigenvalue weighted by Gasteiger charge is -2.12. The summed E-state index contributed by atoms with van der Waals surface area (Å²) in [6, 6.07) is 16.8. The highest BCUT2D eigenvalue weighted by Crippen LogP contribution is 2.27. The van der Waals surface area contributed by atoms with Gasteiger partial charge in [-0.3, -0.25) is 4.98 Å². The summed E-state index contributed by atoms with van der Waals surface area (Å²) in [7, 11) is 1.32. The molecule has 0 aliphatic rings. The van der Waals surface area contributed by atoms with Crippen LogP contribution in [0.4, 0.5) is 0 Å². The zero-order chi connectivity index (χ0) is 24.4. The van der Waals surface area contributed by atoms with E-state index in [1.807, 2.05) is 42.5 Å². The molecular weight excluding hydrogens is 468 g/mol. The van der Waals surface area contributed by atoms with Gasteiger partial charge in [-0.15, -0.1) is 5.10 Å². The number of halogens is 1. The van der Waals surface area contributed by atoms with Gasteiger partial charge >= 0.3 is 12.0 Å². The number of carbonyl (C=O) groups is 1. The zero-order valence-corrected chi connectivity index (χ0v) is 19.6. The Bertz CT molecular complexity index is 1540. The molecule has 0 aliphatic heterocycles. The fourth-order valence-electron chi connectivity index (χ4n) is 3.69. The van der Waals surface area contributed by atoms with E-state index in [4.69, 9.17) is 21.1 Å². The SMILES string of the molecule is COC(=O)c1c(C)nc(OCc2cn(-c3ccnc4cc(Cl)ccc34)nn2)nc1-c1ccccc1. The molecule has 0 saturated heterocycles. The van der Waals surface area contributed by atoms with Crippen LogP contribution in [-0.2, 0) is 11.3 Å². The highest BCUT2D eigenvalue weighted by molar-refractivity contribution is 6.31. The molecule has 0 saturated carbocycles. The number of ether oxygens (including phenoxy) is 2. The van der Waals surface area contributed by atoms with E-state index >= 15 is 0 Å². The minimum atomic E-state index is -0.512. The average molecular weight is 487 g/mol. The van der Waals surface area contributed by atoms with E-state index in [-0.39, 0.29) is 12.6 Å². The Morgan fingerprint density at radius 1 is 1.09 bits per heavy atom. The van der Waals surface area contributed by atoms with Crippen LogP contribution >= 0.6 is 11.6 Å². The highest BCUT2D eigenvalue weighted by Gasteiger charge is 2.21. The van der Waals surface area contributed by atoms with E-state index in [1.54, 1.807) is 36.1 Å². The first-order valence-electron chi connectivity index (χ1n) is 10.6. The molecule has 5 aromatic rings. The third kappa shape index (κ3) is 4.53. The van der Waals surface area contributed by atoms with Crippen LogP contribution in [0.2, 0.25) is 5.02 Å². The number of hydrogen-bond acceptors (Lipinski definition) is 8. The van der Waals surface area contributed by atoms with Crippen molar-refractivity contribution in [2.45, 2.75) is 13.5 Å². The lowest BCUT2D eigenvalue weighted by Crippen LogP contribution is -2.11. The van der Waals surface area contributed by atoms with Gasteiger partial charge in [-0.1, -0.05) is 47.1 Å². The maximum Gasteiger partial charge on any atom is 0.341 e. The first-order valence-corrected chi connectivity index (χ1v) is 11.0. The summed E-state index contributed by atoms with van der Waals surface area (Å²) in [5.74, 6) is -0.512. The minimum Gasteiger partial charge on any atom is -0.465 e. The van der Waals surface area contributed by atoms with Gasteiger partial charge in [0.1, 0.15) is 17.9 Å². The second kappa shape index (κ2) is 9.47. The Morgan fingerprint density at radius 3 is 2.71 bits per heavy atom. The molecule has 3 aromatic heterocycles. The molecule has 2 aromatic carbocycles. The van der Waals surface area contributed by atoms with Crippen LogP contribution in [0.3, 0.4) is 0 Å². The van der Waals surface area contributed by atoms with Crippen LogP contribution in [-0.4, -0.2) is 43.0 Å². The molecule has 0 unspecified atom stereocenters. The number of rotatable bonds is 6. The van der Waals surface area contributed by atoms with E-state index in [9.17, 15) is 4.79 Å². The van der Waals surface area contributed by atoms with Crippen LogP contribution < -0.4 is 4.74 Å². The smallest absolute Gasteiger partial charge is 0.341 e. The number of esters is 1. The maximum absolute atomic E-state index is 12.4. The second-order valence-corrected chi connectivity index (χ2v) is 8.04. The van der Waals surface area contributed by atoms with Crippen molar-refractivity contribution in [3.63, 3.8) is 0 Å². The van der Waals surface area contributed by atoms with E-state index in [2.05, 4.69) is 25.3 Å². The molecule has 0 spiro atoms. The summed E-state index contributed by atoms with van der Waals surface area (Å²) in [6.07, 6.45) is 3.45. The molecule has 0 bridgehead atoms. The Labute approximate surface area is 205 Å². The summed E-state index contributed by atoms with van der Waals surface area (Å²) in [5, 5.41) is 9.93. The van der Waals surface area contributed by atoms with Crippen molar-refractivity contribution < 1.29 is 14.3 Å². The topological polar surface area (TPSA) is 105 Å². The van der Waals surface area contributed by atoms with Crippen molar-refractivity contribution in [1.29, 1.82) is 0 Å². The van der Waals surface area contributed by atoms with Gasteiger partial charge in [-0.25, -0.2) is 9.48 Å². The number of carbonyl (C=O) groups excluding carboxylic acids is 1. The van der Waals surface area contributed by atoms with Crippen LogP contribution in [0.1, 0.15) is 21.7 Å². The molecule has 0 amide bonds. The molecule has 5 rings (SSSR count). The minimum absolute atomic E-state index is 0.0834. The predicted octanol–water partition coefficient (Wildman–Crippen LogP) is 4.60. The number of hydrogen-bond donors (Lipinski definition) is 0. The van der Waals surface area contributed by atoms with Gasteiger partial charge in [0.05, 0.1) is 35.9 Å². The predicted molar refractivity (Wildman–Crippen MR) is 130 cm³/mol. The van der Waals surface area contributed by atoms with Crippen LogP contribution in [0.15, 0.2) is 67.0 Å². The first-order chi connectivity index (χ1) is 17.0. The summed E-state index contributed by atoms with van der Waals surface area (Å²) in [6.45, 7) is 1.80. The van der Waals surface area contributed by atoms with Crippen molar-refractivity contribution in [2.24, 2.45) is 0 Å². The molecule has 10 heteroatoms. The molecule has 0 atom stereocenters. The Kier molecular flexibility index (Phi) is 6.07. The second-order valence-electron chi connectivity index (χ2n) is 7.61. The molecule has 0 radical (unpaired) electrons. The highest BCUT2D eigenvalue weighted by atomic mass is 35.5.